The van der Waals surface area contributed by atoms with Crippen LogP contribution in [-0.4, -0.2) is 19.6 Å². The van der Waals surface area contributed by atoms with E-state index >= 15 is 0 Å². The van der Waals surface area contributed by atoms with E-state index in [1.807, 2.05) is 37.3 Å². The van der Waals surface area contributed by atoms with Crippen molar-refractivity contribution in [1.29, 1.82) is 0 Å². The summed E-state index contributed by atoms with van der Waals surface area (Å²) in [4.78, 5) is 9.47. The molecule has 3 heterocycles. The zero-order chi connectivity index (χ0) is 24.3. The molecule has 4 nitrogen and oxygen atoms in total. The molecule has 6 rings (SSSR count). The molecule has 34 heavy (non-hydrogen) atoms. The summed E-state index contributed by atoms with van der Waals surface area (Å²) in [6.07, 6.45) is 1.68. The molecule has 166 valence electrons. The number of aryl methyl sites for hydroxylation is 1. The third-order valence-corrected chi connectivity index (χ3v) is 6.77. The topological polar surface area (TPSA) is 50.9 Å². The van der Waals surface area contributed by atoms with Crippen LogP contribution in [0.3, 0.4) is 0 Å². The molecule has 6 aromatic rings. The monoisotopic (exact) mass is 444 g/mol. The minimum absolute atomic E-state index is 0.203. The van der Waals surface area contributed by atoms with E-state index in [2.05, 4.69) is 53.7 Å². The van der Waals surface area contributed by atoms with Crippen molar-refractivity contribution in [2.45, 2.75) is 26.2 Å². The van der Waals surface area contributed by atoms with E-state index in [1.165, 1.54) is 0 Å². The number of phenolic OH excluding ortho intramolecular Hbond substituents is 1. The Hall–Kier alpha value is -4.18. The summed E-state index contributed by atoms with van der Waals surface area (Å²) >= 11 is 0. The van der Waals surface area contributed by atoms with E-state index in [4.69, 9.17) is 6.35 Å². The molecule has 0 aliphatic heterocycles. The van der Waals surface area contributed by atoms with E-state index in [-0.39, 0.29) is 5.75 Å². The summed E-state index contributed by atoms with van der Waals surface area (Å²) in [5.74, 6) is 0.928. The molecule has 0 saturated heterocycles. The Kier molecular flexibility index (Phi) is 4.21. The lowest BCUT2D eigenvalue weighted by atomic mass is 9.80. The van der Waals surface area contributed by atoms with Crippen molar-refractivity contribution < 1.29 is 6.48 Å². The Bertz CT molecular complexity index is 1770. The normalized spacial score (nSPS) is 12.5. The Morgan fingerprint density at radius 3 is 2.56 bits per heavy atom. The first kappa shape index (κ1) is 19.3. The van der Waals surface area contributed by atoms with Gasteiger partial charge in [0.15, 0.2) is 0 Å². The number of hydrogen-bond acceptors (Lipinski definition) is 3. The van der Waals surface area contributed by atoms with E-state index in [9.17, 15) is 5.11 Å². The molecule has 3 aromatic carbocycles. The second-order valence-electron chi connectivity index (χ2n) is 9.38. The van der Waals surface area contributed by atoms with Crippen LogP contribution in [0.5, 0.6) is 5.75 Å². The third-order valence-electron chi connectivity index (χ3n) is 6.77. The summed E-state index contributed by atoms with van der Waals surface area (Å²) in [6, 6.07) is 26.6. The molecular formula is C30H25N3O. The Morgan fingerprint density at radius 2 is 1.71 bits per heavy atom. The number of aromatic nitrogens is 3. The number of rotatable bonds is 3. The molecule has 0 spiro atoms. The molecule has 0 fully saturated rings. The van der Waals surface area contributed by atoms with Gasteiger partial charge in [-0.15, -0.1) is 0 Å². The number of para-hydroxylation sites is 1. The van der Waals surface area contributed by atoms with E-state index in [1.54, 1.807) is 24.4 Å². The van der Waals surface area contributed by atoms with Crippen molar-refractivity contribution >= 4 is 32.7 Å². The molecule has 0 aliphatic carbocycles. The van der Waals surface area contributed by atoms with E-state index in [0.29, 0.717) is 11.6 Å². The Balaban J connectivity index is 1.58. The van der Waals surface area contributed by atoms with Gasteiger partial charge in [0.2, 0.25) is 0 Å². The maximum atomic E-state index is 10.5. The number of aromatic hydroxyl groups is 1. The largest absolute Gasteiger partial charge is 0.506 e. The van der Waals surface area contributed by atoms with Crippen molar-refractivity contribution in [3.63, 3.8) is 0 Å². The number of hydrogen-bond donors (Lipinski definition) is 1. The molecule has 0 unspecified atom stereocenters. The fourth-order valence-corrected chi connectivity index (χ4v) is 4.90. The summed E-state index contributed by atoms with van der Waals surface area (Å²) in [5, 5.41) is 13.7. The number of benzene rings is 3. The van der Waals surface area contributed by atoms with Crippen LogP contribution < -0.4 is 0 Å². The molecule has 0 atom stereocenters. The molecule has 0 bridgehead atoms. The van der Waals surface area contributed by atoms with Crippen LogP contribution in [0.4, 0.5) is 0 Å². The van der Waals surface area contributed by atoms with E-state index in [0.717, 1.165) is 49.8 Å². The lowest BCUT2D eigenvalue weighted by Crippen LogP contribution is -2.20. The van der Waals surface area contributed by atoms with Crippen LogP contribution in [0.25, 0.3) is 38.5 Å². The fraction of sp³-hybridized carbons (Fsp3) is 0.133. The zero-order valence-corrected chi connectivity index (χ0v) is 19.4. The molecule has 0 saturated carbocycles. The van der Waals surface area contributed by atoms with Gasteiger partial charge in [-0.25, -0.2) is 9.97 Å². The molecule has 0 amide bonds. The molecule has 1 N–H and O–H groups in total. The van der Waals surface area contributed by atoms with Gasteiger partial charge in [-0.2, -0.15) is 0 Å². The van der Waals surface area contributed by atoms with Crippen molar-refractivity contribution in [3.05, 3.63) is 108 Å². The fourth-order valence-electron chi connectivity index (χ4n) is 4.90. The van der Waals surface area contributed by atoms with Crippen LogP contribution in [0.1, 0.15) is 32.0 Å². The zero-order valence-electron chi connectivity index (χ0n) is 20.4. The van der Waals surface area contributed by atoms with Gasteiger partial charge in [-0.05, 0) is 60.5 Å². The average Bonchev–Trinajstić information content (AvgIpc) is 3.17. The highest BCUT2D eigenvalue weighted by molar-refractivity contribution is 6.09. The molecule has 0 radical (unpaired) electrons. The van der Waals surface area contributed by atoms with Crippen molar-refractivity contribution in [2.24, 2.45) is 0 Å². The van der Waals surface area contributed by atoms with Crippen LogP contribution in [-0.2, 0) is 5.41 Å². The first-order valence-electron chi connectivity index (χ1n) is 11.9. The minimum atomic E-state index is -0.411. The van der Waals surface area contributed by atoms with Gasteiger partial charge in [0, 0.05) is 27.8 Å². The molecular weight excluding hydrogens is 418 g/mol. The Morgan fingerprint density at radius 1 is 0.882 bits per heavy atom. The molecule has 4 heteroatoms. The average molecular weight is 445 g/mol. The lowest BCUT2D eigenvalue weighted by molar-refractivity contribution is 0.479. The second-order valence-corrected chi connectivity index (χ2v) is 9.38. The number of phenols is 1. The van der Waals surface area contributed by atoms with E-state index < -0.39 is 5.41 Å². The van der Waals surface area contributed by atoms with Crippen LogP contribution in [0, 0.1) is 6.92 Å². The number of nitrogens with zero attached hydrogens (tertiary/aromatic N) is 3. The predicted molar refractivity (Wildman–Crippen MR) is 139 cm³/mol. The van der Waals surface area contributed by atoms with Crippen LogP contribution in [0.15, 0.2) is 91.1 Å². The van der Waals surface area contributed by atoms with Gasteiger partial charge in [0.05, 0.1) is 18.1 Å². The minimum Gasteiger partial charge on any atom is -0.506 e. The Labute approximate surface area is 199 Å². The summed E-state index contributed by atoms with van der Waals surface area (Å²) in [7, 11) is 0. The van der Waals surface area contributed by atoms with Gasteiger partial charge in [0.1, 0.15) is 17.1 Å². The van der Waals surface area contributed by atoms with Crippen molar-refractivity contribution in [2.75, 3.05) is 0 Å². The SMILES string of the molecule is [2H]c1ccnc(-n2c3ccccc3c3ccc(C(C)(C)c4ccc5cc(C)cc(O)c5n4)cc32)c1. The predicted octanol–water partition coefficient (Wildman–Crippen LogP) is 7.07. The first-order valence-corrected chi connectivity index (χ1v) is 11.4. The lowest BCUT2D eigenvalue weighted by Gasteiger charge is -2.25. The third kappa shape index (κ3) is 3.06. The van der Waals surface area contributed by atoms with Crippen LogP contribution in [0.2, 0.25) is 0 Å². The summed E-state index contributed by atoms with van der Waals surface area (Å²) in [5.41, 5.74) is 5.30. The summed E-state index contributed by atoms with van der Waals surface area (Å²) in [6.45, 7) is 6.28. The quantitative estimate of drug-likeness (QED) is 0.318. The highest BCUT2D eigenvalue weighted by Gasteiger charge is 2.27. The number of fused-ring (bicyclic) bond motifs is 4. The maximum Gasteiger partial charge on any atom is 0.142 e. The number of pyridine rings is 2. The second kappa shape index (κ2) is 7.42. The van der Waals surface area contributed by atoms with Gasteiger partial charge in [-0.1, -0.05) is 56.3 Å². The maximum absolute atomic E-state index is 10.5. The van der Waals surface area contributed by atoms with Crippen molar-refractivity contribution in [3.8, 4) is 11.6 Å². The standard InChI is InChI=1S/C30H25N3O/c1-19-16-20-11-14-27(32-29(20)26(34)17-19)30(2,3)21-12-13-23-22-8-4-5-9-24(22)33(25(23)18-21)28-10-6-7-15-31-28/h4-18,34H,1-3H3/i6D. The van der Waals surface area contributed by atoms with Gasteiger partial charge < -0.3 is 5.11 Å². The van der Waals surface area contributed by atoms with Gasteiger partial charge in [0.25, 0.3) is 0 Å². The summed E-state index contributed by atoms with van der Waals surface area (Å²) < 4.78 is 10.3. The van der Waals surface area contributed by atoms with Gasteiger partial charge in [-0.3, -0.25) is 4.57 Å². The highest BCUT2D eigenvalue weighted by atomic mass is 16.3. The molecule has 0 aliphatic rings. The molecule has 3 aromatic heterocycles. The first-order chi connectivity index (χ1) is 16.8. The van der Waals surface area contributed by atoms with Crippen molar-refractivity contribution in [1.82, 2.24) is 14.5 Å². The van der Waals surface area contributed by atoms with Crippen LogP contribution >= 0.6 is 0 Å². The highest BCUT2D eigenvalue weighted by Crippen LogP contribution is 2.38. The smallest absolute Gasteiger partial charge is 0.142 e. The van der Waals surface area contributed by atoms with Gasteiger partial charge >= 0.3 is 0 Å².